The smallest absolute Gasteiger partial charge is 0.191 e. The molecule has 122 valence electrons. The monoisotopic (exact) mass is 333 g/mol. The summed E-state index contributed by atoms with van der Waals surface area (Å²) in [6.07, 6.45) is 4.06. The minimum atomic E-state index is -0.255. The van der Waals surface area contributed by atoms with Crippen LogP contribution in [0.15, 0.2) is 29.7 Å². The average Bonchev–Trinajstić information content (AvgIpc) is 3.33. The number of rotatable bonds is 7. The number of carbonyl (C=O) groups is 1. The number of Topliss-reactive ketones (excluding diaryl/α,β-unsaturated/α-hetero) is 1. The molecule has 0 spiro atoms. The molecular formula is C16H19N3O3S. The molecule has 1 aromatic heterocycles. The number of carbonyl (C=O) groups excluding carboxylic acids is 1. The first-order valence-corrected chi connectivity index (χ1v) is 8.34. The molecule has 0 bridgehead atoms. The lowest BCUT2D eigenvalue weighted by atomic mass is 10.1. The summed E-state index contributed by atoms with van der Waals surface area (Å²) < 4.78 is 12.5. The van der Waals surface area contributed by atoms with E-state index in [4.69, 9.17) is 9.47 Å². The number of aromatic nitrogens is 3. The van der Waals surface area contributed by atoms with Gasteiger partial charge in [0.15, 0.2) is 22.4 Å². The molecule has 1 heterocycles. The molecule has 6 nitrogen and oxygen atoms in total. The Labute approximate surface area is 139 Å². The normalized spacial score (nSPS) is 15.3. The predicted octanol–water partition coefficient (Wildman–Crippen LogP) is 2.99. The first kappa shape index (κ1) is 15.9. The van der Waals surface area contributed by atoms with E-state index < -0.39 is 0 Å². The van der Waals surface area contributed by atoms with Crippen molar-refractivity contribution in [3.8, 4) is 11.5 Å². The second-order valence-electron chi connectivity index (χ2n) is 5.45. The maximum atomic E-state index is 12.7. The molecule has 0 unspecified atom stereocenters. The van der Waals surface area contributed by atoms with Crippen molar-refractivity contribution in [1.29, 1.82) is 0 Å². The molecule has 0 radical (unpaired) electrons. The molecule has 1 fully saturated rings. The van der Waals surface area contributed by atoms with E-state index in [9.17, 15) is 4.79 Å². The summed E-state index contributed by atoms with van der Waals surface area (Å²) in [4.78, 5) is 12.7. The molecule has 1 saturated carbocycles. The minimum Gasteiger partial charge on any atom is -0.493 e. The van der Waals surface area contributed by atoms with Crippen LogP contribution in [-0.2, 0) is 0 Å². The third kappa shape index (κ3) is 3.34. The molecule has 3 rings (SSSR count). The van der Waals surface area contributed by atoms with Crippen molar-refractivity contribution < 1.29 is 14.3 Å². The Kier molecular flexibility index (Phi) is 4.56. The number of hydrogen-bond acceptors (Lipinski definition) is 6. The Morgan fingerprint density at radius 3 is 2.70 bits per heavy atom. The Bertz CT molecular complexity index is 712. The fourth-order valence-corrected chi connectivity index (χ4v) is 3.33. The van der Waals surface area contributed by atoms with Crippen molar-refractivity contribution in [3.63, 3.8) is 0 Å². The zero-order valence-corrected chi connectivity index (χ0v) is 14.2. The number of nitrogens with zero attached hydrogens (tertiary/aromatic N) is 3. The lowest BCUT2D eigenvalue weighted by Crippen LogP contribution is -2.14. The zero-order chi connectivity index (χ0) is 16.4. The summed E-state index contributed by atoms with van der Waals surface area (Å²) >= 11 is 1.44. The van der Waals surface area contributed by atoms with Crippen LogP contribution < -0.4 is 9.47 Å². The molecular weight excluding hydrogens is 314 g/mol. The summed E-state index contributed by atoms with van der Waals surface area (Å²) in [6.45, 7) is 1.88. The molecule has 0 N–H and O–H groups in total. The van der Waals surface area contributed by atoms with Crippen molar-refractivity contribution in [2.45, 2.75) is 36.2 Å². The average molecular weight is 333 g/mol. The summed E-state index contributed by atoms with van der Waals surface area (Å²) in [5.74, 6) is 1.19. The fourth-order valence-electron chi connectivity index (χ4n) is 2.36. The summed E-state index contributed by atoms with van der Waals surface area (Å²) in [5.41, 5.74) is 0.597. The molecule has 23 heavy (non-hydrogen) atoms. The van der Waals surface area contributed by atoms with E-state index in [1.54, 1.807) is 38.7 Å². The minimum absolute atomic E-state index is 0.0290. The van der Waals surface area contributed by atoms with Gasteiger partial charge in [-0.05, 0) is 38.0 Å². The van der Waals surface area contributed by atoms with Gasteiger partial charge in [-0.15, -0.1) is 10.2 Å². The molecule has 0 amide bonds. The molecule has 2 aromatic rings. The summed E-state index contributed by atoms with van der Waals surface area (Å²) in [7, 11) is 3.13. The van der Waals surface area contributed by atoms with Crippen molar-refractivity contribution in [1.82, 2.24) is 14.8 Å². The maximum absolute atomic E-state index is 12.7. The van der Waals surface area contributed by atoms with Gasteiger partial charge in [-0.3, -0.25) is 4.79 Å². The van der Waals surface area contributed by atoms with Gasteiger partial charge in [0, 0.05) is 11.6 Å². The van der Waals surface area contributed by atoms with E-state index >= 15 is 0 Å². The summed E-state index contributed by atoms with van der Waals surface area (Å²) in [5, 5.41) is 8.64. The first-order chi connectivity index (χ1) is 11.1. The Morgan fingerprint density at radius 1 is 1.30 bits per heavy atom. The highest BCUT2D eigenvalue weighted by atomic mass is 32.2. The van der Waals surface area contributed by atoms with Gasteiger partial charge in [-0.1, -0.05) is 11.8 Å². The summed E-state index contributed by atoms with van der Waals surface area (Å²) in [6, 6.07) is 5.71. The number of hydrogen-bond donors (Lipinski definition) is 0. The Hall–Kier alpha value is -2.02. The molecule has 0 aliphatic heterocycles. The number of thioether (sulfide) groups is 1. The van der Waals surface area contributed by atoms with Gasteiger partial charge in [0.05, 0.1) is 19.5 Å². The van der Waals surface area contributed by atoms with Crippen LogP contribution in [-0.4, -0.2) is 40.0 Å². The molecule has 7 heteroatoms. The van der Waals surface area contributed by atoms with Crippen molar-refractivity contribution in [2.75, 3.05) is 14.2 Å². The van der Waals surface area contributed by atoms with Gasteiger partial charge in [0.2, 0.25) is 0 Å². The number of ketones is 1. The van der Waals surface area contributed by atoms with Gasteiger partial charge in [0.1, 0.15) is 6.33 Å². The maximum Gasteiger partial charge on any atom is 0.191 e. The Balaban J connectivity index is 1.75. The number of methoxy groups -OCH3 is 2. The van der Waals surface area contributed by atoms with Crippen LogP contribution in [0.1, 0.15) is 36.2 Å². The van der Waals surface area contributed by atoms with Crippen LogP contribution in [0.3, 0.4) is 0 Å². The predicted molar refractivity (Wildman–Crippen MR) is 87.5 cm³/mol. The van der Waals surface area contributed by atoms with Crippen LogP contribution >= 0.6 is 11.8 Å². The lowest BCUT2D eigenvalue weighted by Gasteiger charge is -2.13. The molecule has 1 aliphatic rings. The largest absolute Gasteiger partial charge is 0.493 e. The first-order valence-electron chi connectivity index (χ1n) is 7.46. The Morgan fingerprint density at radius 2 is 2.04 bits per heavy atom. The quantitative estimate of drug-likeness (QED) is 0.573. The van der Waals surface area contributed by atoms with Crippen LogP contribution in [0.4, 0.5) is 0 Å². The van der Waals surface area contributed by atoms with Crippen LogP contribution in [0.5, 0.6) is 11.5 Å². The molecule has 1 aromatic carbocycles. The van der Waals surface area contributed by atoms with Crippen LogP contribution in [0, 0.1) is 0 Å². The van der Waals surface area contributed by atoms with Gasteiger partial charge in [-0.25, -0.2) is 0 Å². The zero-order valence-electron chi connectivity index (χ0n) is 13.4. The van der Waals surface area contributed by atoms with Gasteiger partial charge in [0.25, 0.3) is 0 Å². The highest BCUT2D eigenvalue weighted by Crippen LogP contribution is 2.38. The molecule has 0 saturated heterocycles. The van der Waals surface area contributed by atoms with Gasteiger partial charge in [-0.2, -0.15) is 0 Å². The third-order valence-corrected chi connectivity index (χ3v) is 4.87. The van der Waals surface area contributed by atoms with E-state index in [1.165, 1.54) is 11.8 Å². The van der Waals surface area contributed by atoms with E-state index in [2.05, 4.69) is 14.8 Å². The second-order valence-corrected chi connectivity index (χ2v) is 6.75. The van der Waals surface area contributed by atoms with Crippen LogP contribution in [0.25, 0.3) is 0 Å². The molecule has 1 aliphatic carbocycles. The van der Waals surface area contributed by atoms with Crippen molar-refractivity contribution in [2.24, 2.45) is 0 Å². The molecule has 1 atom stereocenters. The lowest BCUT2D eigenvalue weighted by molar-refractivity contribution is 0.0993. The van der Waals surface area contributed by atoms with Crippen molar-refractivity contribution >= 4 is 17.5 Å². The number of benzene rings is 1. The van der Waals surface area contributed by atoms with E-state index in [-0.39, 0.29) is 11.0 Å². The van der Waals surface area contributed by atoms with Gasteiger partial charge < -0.3 is 14.0 Å². The van der Waals surface area contributed by atoms with Crippen LogP contribution in [0.2, 0.25) is 0 Å². The standard InChI is InChI=1S/C16H19N3O3S/c1-10(23-16-18-17-9-19(16)12-5-6-12)15(20)11-4-7-13(21-2)14(8-11)22-3/h4,7-10,12H,5-6H2,1-3H3/t10-/m1/s1. The topological polar surface area (TPSA) is 66.2 Å². The second kappa shape index (κ2) is 6.62. The highest BCUT2D eigenvalue weighted by molar-refractivity contribution is 8.00. The fraction of sp³-hybridized carbons (Fsp3) is 0.438. The van der Waals surface area contributed by atoms with E-state index in [0.29, 0.717) is 23.1 Å². The highest BCUT2D eigenvalue weighted by Gasteiger charge is 2.28. The van der Waals surface area contributed by atoms with Crippen molar-refractivity contribution in [3.05, 3.63) is 30.1 Å². The number of ether oxygens (including phenoxy) is 2. The van der Waals surface area contributed by atoms with Gasteiger partial charge >= 0.3 is 0 Å². The third-order valence-electron chi connectivity index (χ3n) is 3.80. The SMILES string of the molecule is COc1ccc(C(=O)[C@@H](C)Sc2nncn2C2CC2)cc1OC. The van der Waals surface area contributed by atoms with E-state index in [1.807, 2.05) is 6.92 Å². The van der Waals surface area contributed by atoms with E-state index in [0.717, 1.165) is 18.0 Å².